The van der Waals surface area contributed by atoms with Gasteiger partial charge < -0.3 is 5.11 Å². The maximum absolute atomic E-state index is 10.4. The molecule has 0 amide bonds. The number of phenolic OH excluding ortho intramolecular Hbond substituents is 1. The van der Waals surface area contributed by atoms with Gasteiger partial charge in [0, 0.05) is 11.6 Å². The van der Waals surface area contributed by atoms with E-state index < -0.39 is 27.0 Å². The summed E-state index contributed by atoms with van der Waals surface area (Å²) in [5.41, 5.74) is -0.963. The molecule has 7 nitrogen and oxygen atoms in total. The Balaban J connectivity index is 0.000000276. The number of aryl methyl sites for hydroxylation is 1. The van der Waals surface area contributed by atoms with E-state index >= 15 is 0 Å². The predicted octanol–water partition coefficient (Wildman–Crippen LogP) is 3.20. The fraction of sp³-hybridized carbons (Fsp3) is 0.0769. The first kappa shape index (κ1) is 15.1. The molecule has 104 valence electrons. The van der Waals surface area contributed by atoms with Crippen molar-refractivity contribution in [1.29, 1.82) is 0 Å². The molecular weight excluding hydrogens is 264 g/mol. The molecule has 2 aromatic carbocycles. The van der Waals surface area contributed by atoms with Crippen molar-refractivity contribution in [3.05, 3.63) is 74.3 Å². The SMILES string of the molecule is Cc1cc([N+](=O)[O-])cc([N+](=O)[O-])c1O.c1ccccc1. The van der Waals surface area contributed by atoms with E-state index in [0.717, 1.165) is 12.1 Å². The van der Waals surface area contributed by atoms with Gasteiger partial charge in [-0.25, -0.2) is 0 Å². The van der Waals surface area contributed by atoms with Crippen molar-refractivity contribution in [2.24, 2.45) is 0 Å². The van der Waals surface area contributed by atoms with Crippen LogP contribution in [0.15, 0.2) is 48.5 Å². The lowest BCUT2D eigenvalue weighted by atomic mass is 10.1. The molecule has 0 bridgehead atoms. The third-order valence-corrected chi connectivity index (χ3v) is 2.34. The largest absolute Gasteiger partial charge is 0.502 e. The number of hydrogen-bond donors (Lipinski definition) is 1. The Hall–Kier alpha value is -2.96. The number of benzene rings is 2. The monoisotopic (exact) mass is 276 g/mol. The summed E-state index contributed by atoms with van der Waals surface area (Å²) >= 11 is 0. The smallest absolute Gasteiger partial charge is 0.317 e. The van der Waals surface area contributed by atoms with Gasteiger partial charge in [0.05, 0.1) is 15.9 Å². The van der Waals surface area contributed by atoms with Gasteiger partial charge >= 0.3 is 5.69 Å². The molecular formula is C13H12N2O5. The summed E-state index contributed by atoms with van der Waals surface area (Å²) in [7, 11) is 0. The lowest BCUT2D eigenvalue weighted by molar-refractivity contribution is -0.394. The summed E-state index contributed by atoms with van der Waals surface area (Å²) in [6, 6.07) is 13.8. The van der Waals surface area contributed by atoms with Crippen molar-refractivity contribution in [1.82, 2.24) is 0 Å². The number of rotatable bonds is 2. The third kappa shape index (κ3) is 4.05. The maximum Gasteiger partial charge on any atom is 0.317 e. The third-order valence-electron chi connectivity index (χ3n) is 2.34. The fourth-order valence-corrected chi connectivity index (χ4v) is 1.37. The zero-order valence-corrected chi connectivity index (χ0v) is 10.6. The van der Waals surface area contributed by atoms with Crippen molar-refractivity contribution in [2.45, 2.75) is 6.92 Å². The summed E-state index contributed by atoms with van der Waals surface area (Å²) in [4.78, 5) is 19.1. The van der Waals surface area contributed by atoms with Crippen molar-refractivity contribution < 1.29 is 15.0 Å². The van der Waals surface area contributed by atoms with E-state index in [0.29, 0.717) is 0 Å². The van der Waals surface area contributed by atoms with Crippen molar-refractivity contribution in [3.63, 3.8) is 0 Å². The summed E-state index contributed by atoms with van der Waals surface area (Å²) in [5, 5.41) is 29.9. The van der Waals surface area contributed by atoms with E-state index in [2.05, 4.69) is 0 Å². The Bertz CT molecular complexity index is 587. The molecule has 0 fully saturated rings. The Labute approximate surface area is 114 Å². The first-order chi connectivity index (χ1) is 9.43. The molecule has 0 saturated heterocycles. The number of hydrogen-bond acceptors (Lipinski definition) is 5. The van der Waals surface area contributed by atoms with E-state index in [-0.39, 0.29) is 5.56 Å². The predicted molar refractivity (Wildman–Crippen MR) is 72.6 cm³/mol. The molecule has 1 N–H and O–H groups in total. The molecule has 0 spiro atoms. The summed E-state index contributed by atoms with van der Waals surface area (Å²) < 4.78 is 0. The van der Waals surface area contributed by atoms with Crippen LogP contribution in [0.25, 0.3) is 0 Å². The summed E-state index contributed by atoms with van der Waals surface area (Å²) in [6.07, 6.45) is 0. The zero-order chi connectivity index (χ0) is 15.1. The van der Waals surface area contributed by atoms with Crippen LogP contribution in [0.4, 0.5) is 11.4 Å². The molecule has 2 rings (SSSR count). The van der Waals surface area contributed by atoms with E-state index in [1.54, 1.807) is 0 Å². The minimum Gasteiger partial charge on any atom is -0.502 e. The number of non-ortho nitro benzene ring substituents is 1. The van der Waals surface area contributed by atoms with Crippen molar-refractivity contribution >= 4 is 11.4 Å². The number of nitro benzene ring substituents is 2. The van der Waals surface area contributed by atoms with Crippen LogP contribution in [0, 0.1) is 27.2 Å². The molecule has 7 heteroatoms. The Morgan fingerprint density at radius 1 is 0.900 bits per heavy atom. The van der Waals surface area contributed by atoms with Crippen LogP contribution in [0.5, 0.6) is 5.75 Å². The highest BCUT2D eigenvalue weighted by Gasteiger charge is 2.21. The summed E-state index contributed by atoms with van der Waals surface area (Å²) in [6.45, 7) is 1.36. The second-order valence-electron chi connectivity index (χ2n) is 3.80. The van der Waals surface area contributed by atoms with Gasteiger partial charge in [-0.05, 0) is 6.92 Å². The molecule has 20 heavy (non-hydrogen) atoms. The standard InChI is InChI=1S/C7H6N2O5.C6H6/c1-4-2-5(8(11)12)3-6(7(4)10)9(13)14;1-2-4-6-5-3-1/h2-3,10H,1H3;1-6H. The fourth-order valence-electron chi connectivity index (χ4n) is 1.37. The van der Waals surface area contributed by atoms with E-state index in [1.807, 2.05) is 36.4 Å². The lowest BCUT2D eigenvalue weighted by Crippen LogP contribution is -1.94. The molecule has 0 atom stereocenters. The highest BCUT2D eigenvalue weighted by atomic mass is 16.6. The van der Waals surface area contributed by atoms with Gasteiger partial charge in [-0.2, -0.15) is 0 Å². The first-order valence-electron chi connectivity index (χ1n) is 5.56. The summed E-state index contributed by atoms with van der Waals surface area (Å²) in [5.74, 6) is -0.541. The van der Waals surface area contributed by atoms with Gasteiger partial charge in [-0.1, -0.05) is 36.4 Å². The van der Waals surface area contributed by atoms with Gasteiger partial charge in [0.25, 0.3) is 5.69 Å². The van der Waals surface area contributed by atoms with Gasteiger partial charge in [-0.3, -0.25) is 20.2 Å². The average Bonchev–Trinajstić information content (AvgIpc) is 2.43. The van der Waals surface area contributed by atoms with Crippen LogP contribution in [0.3, 0.4) is 0 Å². The van der Waals surface area contributed by atoms with Crippen LogP contribution in [0.2, 0.25) is 0 Å². The molecule has 0 heterocycles. The maximum atomic E-state index is 10.4. The second-order valence-corrected chi connectivity index (χ2v) is 3.80. The highest BCUT2D eigenvalue weighted by molar-refractivity contribution is 5.57. The van der Waals surface area contributed by atoms with E-state index in [1.165, 1.54) is 6.92 Å². The normalized spacial score (nSPS) is 9.25. The van der Waals surface area contributed by atoms with Gasteiger partial charge in [-0.15, -0.1) is 0 Å². The van der Waals surface area contributed by atoms with E-state index in [9.17, 15) is 25.3 Å². The first-order valence-corrected chi connectivity index (χ1v) is 5.56. The van der Waals surface area contributed by atoms with Crippen LogP contribution >= 0.6 is 0 Å². The zero-order valence-electron chi connectivity index (χ0n) is 10.6. The minimum atomic E-state index is -0.866. The Kier molecular flexibility index (Phi) is 5.16. The van der Waals surface area contributed by atoms with E-state index in [4.69, 9.17) is 0 Å². The molecule has 0 unspecified atom stereocenters. The highest BCUT2D eigenvalue weighted by Crippen LogP contribution is 2.33. The van der Waals surface area contributed by atoms with Gasteiger partial charge in [0.1, 0.15) is 0 Å². The van der Waals surface area contributed by atoms with Crippen LogP contribution in [-0.2, 0) is 0 Å². The number of nitrogens with zero attached hydrogens (tertiary/aromatic N) is 2. The molecule has 0 saturated carbocycles. The molecule has 0 radical (unpaired) electrons. The minimum absolute atomic E-state index is 0.103. The van der Waals surface area contributed by atoms with Gasteiger partial charge in [0.15, 0.2) is 5.75 Å². The molecule has 0 aliphatic rings. The second kappa shape index (κ2) is 6.83. The number of aromatic hydroxyl groups is 1. The topological polar surface area (TPSA) is 107 Å². The lowest BCUT2D eigenvalue weighted by Gasteiger charge is -1.99. The van der Waals surface area contributed by atoms with Crippen LogP contribution < -0.4 is 0 Å². The molecule has 0 aromatic heterocycles. The molecule has 0 aliphatic heterocycles. The van der Waals surface area contributed by atoms with Crippen LogP contribution in [0.1, 0.15) is 5.56 Å². The quantitative estimate of drug-likeness (QED) is 0.669. The Morgan fingerprint density at radius 2 is 1.35 bits per heavy atom. The molecule has 0 aliphatic carbocycles. The number of phenols is 1. The number of nitro groups is 2. The average molecular weight is 276 g/mol. The van der Waals surface area contributed by atoms with Crippen LogP contribution in [-0.4, -0.2) is 15.0 Å². The Morgan fingerprint density at radius 3 is 1.70 bits per heavy atom. The molecule has 2 aromatic rings. The van der Waals surface area contributed by atoms with Crippen molar-refractivity contribution in [2.75, 3.05) is 0 Å². The van der Waals surface area contributed by atoms with Gasteiger partial charge in [0.2, 0.25) is 0 Å². The van der Waals surface area contributed by atoms with Crippen molar-refractivity contribution in [3.8, 4) is 5.75 Å².